The van der Waals surface area contributed by atoms with Gasteiger partial charge in [-0.05, 0) is 58.1 Å². The Bertz CT molecular complexity index is 1250. The van der Waals surface area contributed by atoms with Gasteiger partial charge in [0.1, 0.15) is 35.7 Å². The van der Waals surface area contributed by atoms with Crippen molar-refractivity contribution in [2.45, 2.75) is 44.2 Å². The predicted octanol–water partition coefficient (Wildman–Crippen LogP) is 2.30. The summed E-state index contributed by atoms with van der Waals surface area (Å²) in [6.07, 6.45) is -5.03. The number of fused-ring (bicyclic) bond motifs is 1. The highest BCUT2D eigenvalue weighted by Gasteiger charge is 2.45. The summed E-state index contributed by atoms with van der Waals surface area (Å²) in [6, 6.07) is 14.2. The van der Waals surface area contributed by atoms with Crippen LogP contribution < -0.4 is 4.74 Å². The van der Waals surface area contributed by atoms with Gasteiger partial charge in [-0.15, -0.1) is 0 Å². The van der Waals surface area contributed by atoms with E-state index in [2.05, 4.69) is 46.1 Å². The molecule has 0 aliphatic carbocycles. The first-order valence-corrected chi connectivity index (χ1v) is 11.9. The third kappa shape index (κ3) is 4.34. The molecule has 9 heteroatoms. The van der Waals surface area contributed by atoms with E-state index in [1.807, 2.05) is 23.6 Å². The van der Waals surface area contributed by atoms with Gasteiger partial charge in [0.2, 0.25) is 6.29 Å². The largest absolute Gasteiger partial charge is 0.460 e. The van der Waals surface area contributed by atoms with Crippen LogP contribution in [0.1, 0.15) is 11.1 Å². The quantitative estimate of drug-likeness (QED) is 0.333. The molecule has 4 N–H and O–H groups in total. The fraction of sp³-hybridized carbons (Fsp3) is 0.320. The fourth-order valence-electron chi connectivity index (χ4n) is 4.23. The molecule has 2 aromatic carbocycles. The van der Waals surface area contributed by atoms with Gasteiger partial charge >= 0.3 is 0 Å². The average Bonchev–Trinajstić information content (AvgIpc) is 3.50. The summed E-state index contributed by atoms with van der Waals surface area (Å²) in [5.74, 6) is 0.423. The second kappa shape index (κ2) is 9.46. The Balaban J connectivity index is 1.44. The molecular formula is C25H26N2O6S. The summed E-state index contributed by atoms with van der Waals surface area (Å²) in [4.78, 5) is 4.52. The molecular weight excluding hydrogens is 456 g/mol. The molecule has 34 heavy (non-hydrogen) atoms. The van der Waals surface area contributed by atoms with Crippen molar-refractivity contribution in [3.8, 4) is 16.9 Å². The smallest absolute Gasteiger partial charge is 0.229 e. The van der Waals surface area contributed by atoms with Crippen LogP contribution in [0, 0.1) is 6.92 Å². The van der Waals surface area contributed by atoms with Crippen LogP contribution in [0.15, 0.2) is 59.6 Å². The summed E-state index contributed by atoms with van der Waals surface area (Å²) in [6.45, 7) is 1.93. The molecule has 3 heterocycles. The van der Waals surface area contributed by atoms with Gasteiger partial charge < -0.3 is 34.5 Å². The summed E-state index contributed by atoms with van der Waals surface area (Å²) in [7, 11) is 0. The Labute approximate surface area is 200 Å². The molecule has 8 nitrogen and oxygen atoms in total. The molecule has 1 aliphatic rings. The molecule has 0 bridgehead atoms. The molecule has 1 fully saturated rings. The lowest BCUT2D eigenvalue weighted by molar-refractivity contribution is -0.277. The van der Waals surface area contributed by atoms with Crippen molar-refractivity contribution in [2.75, 3.05) is 6.61 Å². The number of imidazole rings is 1. The van der Waals surface area contributed by atoms with Gasteiger partial charge in [0, 0.05) is 6.54 Å². The first kappa shape index (κ1) is 23.0. The summed E-state index contributed by atoms with van der Waals surface area (Å²) >= 11 is 1.66. The van der Waals surface area contributed by atoms with E-state index in [4.69, 9.17) is 9.47 Å². The second-order valence-electron chi connectivity index (χ2n) is 8.53. The molecule has 178 valence electrons. The highest BCUT2D eigenvalue weighted by molar-refractivity contribution is 7.08. The van der Waals surface area contributed by atoms with Crippen molar-refractivity contribution in [1.82, 2.24) is 9.55 Å². The number of ether oxygens (including phenoxy) is 2. The number of rotatable bonds is 6. The summed E-state index contributed by atoms with van der Waals surface area (Å²) < 4.78 is 13.5. The lowest BCUT2D eigenvalue weighted by atomic mass is 9.99. The normalized spacial score (nSPS) is 25.0. The van der Waals surface area contributed by atoms with Crippen LogP contribution in [0.5, 0.6) is 5.75 Å². The van der Waals surface area contributed by atoms with Crippen LogP contribution in [0.25, 0.3) is 22.2 Å². The fourth-order valence-corrected chi connectivity index (χ4v) is 4.90. The number of benzene rings is 2. The van der Waals surface area contributed by atoms with E-state index in [1.165, 1.54) is 5.56 Å². The Morgan fingerprint density at radius 1 is 1.03 bits per heavy atom. The van der Waals surface area contributed by atoms with E-state index in [1.54, 1.807) is 17.7 Å². The number of hydrogen-bond acceptors (Lipinski definition) is 8. The van der Waals surface area contributed by atoms with Crippen molar-refractivity contribution >= 4 is 22.4 Å². The molecule has 5 atom stereocenters. The van der Waals surface area contributed by atoms with Crippen molar-refractivity contribution in [1.29, 1.82) is 0 Å². The first-order valence-electron chi connectivity index (χ1n) is 11.0. The second-order valence-corrected chi connectivity index (χ2v) is 9.31. The lowest BCUT2D eigenvalue weighted by Gasteiger charge is -2.39. The molecule has 0 amide bonds. The first-order chi connectivity index (χ1) is 16.4. The number of nitrogens with zero attached hydrogens (tertiary/aromatic N) is 2. The zero-order valence-corrected chi connectivity index (χ0v) is 19.3. The van der Waals surface area contributed by atoms with E-state index in [-0.39, 0.29) is 0 Å². The van der Waals surface area contributed by atoms with Crippen LogP contribution in [-0.4, -0.2) is 67.3 Å². The van der Waals surface area contributed by atoms with Gasteiger partial charge in [-0.2, -0.15) is 11.3 Å². The number of aliphatic hydroxyl groups is 4. The van der Waals surface area contributed by atoms with Gasteiger partial charge in [-0.25, -0.2) is 4.98 Å². The molecule has 1 unspecified atom stereocenters. The third-order valence-electron chi connectivity index (χ3n) is 6.08. The molecule has 4 aromatic rings. The Morgan fingerprint density at radius 2 is 1.82 bits per heavy atom. The van der Waals surface area contributed by atoms with Crippen molar-refractivity contribution in [2.24, 2.45) is 0 Å². The van der Waals surface area contributed by atoms with Crippen molar-refractivity contribution in [3.05, 3.63) is 70.7 Å². The minimum absolute atomic E-state index is 0.423. The SMILES string of the molecule is Cc1cc(OC2O[C@@H](CO)[C@H](O)[C@@H](O)[C@@H]2O)c2c(c1)ncn2Cc1ccc(-c2ccsc2)cc1. The standard InChI is InChI=1S/C25H26N2O6S/c1-14-8-18-21(19(9-14)32-25-24(31)23(30)22(29)20(11-28)33-25)27(13-26-18)10-15-2-4-16(5-3-15)17-6-7-34-12-17/h2-9,12-13,20,22-25,28-31H,10-11H2,1H3/t20-,22-,23+,24-,25?/m0/s1. The number of aryl methyl sites for hydroxylation is 1. The van der Waals surface area contributed by atoms with E-state index in [9.17, 15) is 20.4 Å². The van der Waals surface area contributed by atoms with Gasteiger partial charge in [0.15, 0.2) is 0 Å². The maximum Gasteiger partial charge on any atom is 0.229 e. The molecule has 0 spiro atoms. The number of aromatic nitrogens is 2. The minimum Gasteiger partial charge on any atom is -0.460 e. The molecule has 1 aliphatic heterocycles. The Hall–Kier alpha value is -2.79. The molecule has 1 saturated heterocycles. The van der Waals surface area contributed by atoms with Crippen LogP contribution in [-0.2, 0) is 11.3 Å². The molecule has 5 rings (SSSR count). The number of aliphatic hydroxyl groups excluding tert-OH is 4. The molecule has 0 radical (unpaired) electrons. The zero-order valence-electron chi connectivity index (χ0n) is 18.5. The highest BCUT2D eigenvalue weighted by atomic mass is 32.1. The minimum atomic E-state index is -1.51. The topological polar surface area (TPSA) is 117 Å². The maximum atomic E-state index is 10.4. The maximum absolute atomic E-state index is 10.4. The highest BCUT2D eigenvalue weighted by Crippen LogP contribution is 2.32. The molecule has 0 saturated carbocycles. The lowest BCUT2D eigenvalue weighted by Crippen LogP contribution is -2.60. The zero-order chi connectivity index (χ0) is 23.8. The van der Waals surface area contributed by atoms with Crippen LogP contribution in [0.3, 0.4) is 0 Å². The van der Waals surface area contributed by atoms with Crippen LogP contribution in [0.4, 0.5) is 0 Å². The Morgan fingerprint density at radius 3 is 2.53 bits per heavy atom. The van der Waals surface area contributed by atoms with E-state index < -0.39 is 37.3 Å². The summed E-state index contributed by atoms with van der Waals surface area (Å²) in [5.41, 5.74) is 5.76. The summed E-state index contributed by atoms with van der Waals surface area (Å²) in [5, 5.41) is 44.2. The van der Waals surface area contributed by atoms with Gasteiger partial charge in [0.05, 0.1) is 18.5 Å². The van der Waals surface area contributed by atoms with E-state index >= 15 is 0 Å². The average molecular weight is 483 g/mol. The number of thiophene rings is 1. The monoisotopic (exact) mass is 482 g/mol. The number of hydrogen-bond donors (Lipinski definition) is 4. The van der Waals surface area contributed by atoms with Crippen molar-refractivity contribution < 1.29 is 29.9 Å². The molecule has 2 aromatic heterocycles. The van der Waals surface area contributed by atoms with Crippen LogP contribution in [0.2, 0.25) is 0 Å². The van der Waals surface area contributed by atoms with E-state index in [0.717, 1.165) is 22.2 Å². The van der Waals surface area contributed by atoms with Crippen molar-refractivity contribution in [3.63, 3.8) is 0 Å². The predicted molar refractivity (Wildman–Crippen MR) is 128 cm³/mol. The third-order valence-corrected chi connectivity index (χ3v) is 6.76. The van der Waals surface area contributed by atoms with Gasteiger partial charge in [0.25, 0.3) is 0 Å². The Kier molecular flexibility index (Phi) is 6.39. The van der Waals surface area contributed by atoms with Gasteiger partial charge in [-0.3, -0.25) is 0 Å². The van der Waals surface area contributed by atoms with E-state index in [0.29, 0.717) is 17.8 Å². The van der Waals surface area contributed by atoms with Crippen LogP contribution >= 0.6 is 11.3 Å². The van der Waals surface area contributed by atoms with Gasteiger partial charge in [-0.1, -0.05) is 24.3 Å².